The van der Waals surface area contributed by atoms with Gasteiger partial charge in [0.05, 0.1) is 0 Å². The average Bonchev–Trinajstić information content (AvgIpc) is 2.46. The first-order chi connectivity index (χ1) is 9.24. The molecule has 1 aliphatic heterocycles. The lowest BCUT2D eigenvalue weighted by molar-refractivity contribution is 0.103. The van der Waals surface area contributed by atoms with Crippen molar-refractivity contribution in [2.75, 3.05) is 17.6 Å². The van der Waals surface area contributed by atoms with Crippen molar-refractivity contribution in [2.24, 2.45) is 0 Å². The summed E-state index contributed by atoms with van der Waals surface area (Å²) in [6.07, 6.45) is 2.23. The lowest BCUT2D eigenvalue weighted by atomic mass is 9.97. The predicted molar refractivity (Wildman–Crippen MR) is 77.5 cm³/mol. The molecule has 0 saturated carbocycles. The normalized spacial score (nSPS) is 13.5. The number of nitrogen functional groups attached to an aromatic ring is 1. The number of ketones is 1. The van der Waals surface area contributed by atoms with Gasteiger partial charge in [-0.2, -0.15) is 0 Å². The molecule has 0 unspecified atom stereocenters. The standard InChI is InChI=1S/C16H16N2O/c17-14-5-1-3-12(9-14)16(19)13-7-6-11-4-2-8-18-15(11)10-13/h1,3,5-7,9-10,18H,2,4,8,17H2. The summed E-state index contributed by atoms with van der Waals surface area (Å²) in [6.45, 7) is 0.975. The molecule has 0 bridgehead atoms. The van der Waals surface area contributed by atoms with Gasteiger partial charge in [-0.15, -0.1) is 0 Å². The molecule has 0 amide bonds. The van der Waals surface area contributed by atoms with Crippen molar-refractivity contribution in [1.29, 1.82) is 0 Å². The van der Waals surface area contributed by atoms with E-state index < -0.39 is 0 Å². The SMILES string of the molecule is Nc1cccc(C(=O)c2ccc3c(c2)NCCC3)c1. The van der Waals surface area contributed by atoms with Crippen LogP contribution in [-0.2, 0) is 6.42 Å². The minimum atomic E-state index is 0.0162. The fourth-order valence-corrected chi connectivity index (χ4v) is 2.45. The Morgan fingerprint density at radius 3 is 2.79 bits per heavy atom. The number of hydrogen-bond donors (Lipinski definition) is 2. The Bertz CT molecular complexity index is 634. The minimum Gasteiger partial charge on any atom is -0.399 e. The summed E-state index contributed by atoms with van der Waals surface area (Å²) in [4.78, 5) is 12.4. The first-order valence-electron chi connectivity index (χ1n) is 6.51. The predicted octanol–water partition coefficient (Wildman–Crippen LogP) is 2.86. The van der Waals surface area contributed by atoms with E-state index >= 15 is 0 Å². The third kappa shape index (κ3) is 2.32. The average molecular weight is 252 g/mol. The molecular formula is C16H16N2O. The molecule has 0 radical (unpaired) electrons. The number of nitrogens with two attached hydrogens (primary N) is 1. The molecule has 3 rings (SSSR count). The molecule has 3 heteroatoms. The second-order valence-electron chi connectivity index (χ2n) is 4.86. The van der Waals surface area contributed by atoms with Gasteiger partial charge in [-0.05, 0) is 36.6 Å². The van der Waals surface area contributed by atoms with E-state index in [1.54, 1.807) is 24.3 Å². The van der Waals surface area contributed by atoms with Crippen molar-refractivity contribution in [3.8, 4) is 0 Å². The highest BCUT2D eigenvalue weighted by atomic mass is 16.1. The van der Waals surface area contributed by atoms with Crippen LogP contribution in [0.5, 0.6) is 0 Å². The van der Waals surface area contributed by atoms with Gasteiger partial charge in [0.25, 0.3) is 0 Å². The van der Waals surface area contributed by atoms with E-state index in [0.717, 1.165) is 25.1 Å². The summed E-state index contributed by atoms with van der Waals surface area (Å²) in [7, 11) is 0. The number of benzene rings is 2. The number of carbonyl (C=O) groups excluding carboxylic acids is 1. The Morgan fingerprint density at radius 1 is 1.11 bits per heavy atom. The summed E-state index contributed by atoms with van der Waals surface area (Å²) in [6, 6.07) is 13.0. The highest BCUT2D eigenvalue weighted by Gasteiger charge is 2.13. The van der Waals surface area contributed by atoms with E-state index in [2.05, 4.69) is 5.32 Å². The van der Waals surface area contributed by atoms with Crippen LogP contribution < -0.4 is 11.1 Å². The maximum atomic E-state index is 12.4. The van der Waals surface area contributed by atoms with Crippen molar-refractivity contribution in [1.82, 2.24) is 0 Å². The highest BCUT2D eigenvalue weighted by molar-refractivity contribution is 6.09. The number of rotatable bonds is 2. The first kappa shape index (κ1) is 11.8. The van der Waals surface area contributed by atoms with Crippen LogP contribution in [0, 0.1) is 0 Å². The third-order valence-electron chi connectivity index (χ3n) is 3.46. The summed E-state index contributed by atoms with van der Waals surface area (Å²) in [5, 5.41) is 3.34. The summed E-state index contributed by atoms with van der Waals surface area (Å²) >= 11 is 0. The number of fused-ring (bicyclic) bond motifs is 1. The van der Waals surface area contributed by atoms with E-state index in [0.29, 0.717) is 16.8 Å². The number of carbonyl (C=O) groups is 1. The van der Waals surface area contributed by atoms with E-state index in [4.69, 9.17) is 5.73 Å². The molecule has 0 atom stereocenters. The van der Waals surface area contributed by atoms with Crippen LogP contribution in [0.3, 0.4) is 0 Å². The Kier molecular flexibility index (Phi) is 2.95. The largest absolute Gasteiger partial charge is 0.399 e. The van der Waals surface area contributed by atoms with Crippen molar-refractivity contribution >= 4 is 17.2 Å². The zero-order chi connectivity index (χ0) is 13.2. The minimum absolute atomic E-state index is 0.0162. The molecular weight excluding hydrogens is 236 g/mol. The van der Waals surface area contributed by atoms with E-state index in [9.17, 15) is 4.79 Å². The summed E-state index contributed by atoms with van der Waals surface area (Å²) in [5.74, 6) is 0.0162. The molecule has 3 N–H and O–H groups in total. The van der Waals surface area contributed by atoms with Gasteiger partial charge in [-0.3, -0.25) is 4.79 Å². The second-order valence-corrected chi connectivity index (χ2v) is 4.86. The van der Waals surface area contributed by atoms with Crippen LogP contribution in [0.25, 0.3) is 0 Å². The molecule has 1 heterocycles. The summed E-state index contributed by atoms with van der Waals surface area (Å²) in [5.41, 5.74) is 10.0. The van der Waals surface area contributed by atoms with E-state index in [1.807, 2.05) is 18.2 Å². The van der Waals surface area contributed by atoms with Gasteiger partial charge in [-0.1, -0.05) is 24.3 Å². The molecule has 0 fully saturated rings. The molecule has 2 aromatic carbocycles. The van der Waals surface area contributed by atoms with Crippen LogP contribution in [0.15, 0.2) is 42.5 Å². The van der Waals surface area contributed by atoms with Gasteiger partial charge < -0.3 is 11.1 Å². The number of nitrogens with one attached hydrogen (secondary N) is 1. The van der Waals surface area contributed by atoms with Gasteiger partial charge in [0.2, 0.25) is 0 Å². The maximum Gasteiger partial charge on any atom is 0.193 e. The van der Waals surface area contributed by atoms with Crippen LogP contribution in [-0.4, -0.2) is 12.3 Å². The fraction of sp³-hybridized carbons (Fsp3) is 0.188. The van der Waals surface area contributed by atoms with Crippen LogP contribution in [0.1, 0.15) is 27.9 Å². The van der Waals surface area contributed by atoms with Gasteiger partial charge in [0.1, 0.15) is 0 Å². The zero-order valence-electron chi connectivity index (χ0n) is 10.6. The molecule has 2 aromatic rings. The van der Waals surface area contributed by atoms with Gasteiger partial charge >= 0.3 is 0 Å². The fourth-order valence-electron chi connectivity index (χ4n) is 2.45. The van der Waals surface area contributed by atoms with Gasteiger partial charge in [-0.25, -0.2) is 0 Å². The van der Waals surface area contributed by atoms with E-state index in [-0.39, 0.29) is 5.78 Å². The number of anilines is 2. The summed E-state index contributed by atoms with van der Waals surface area (Å²) < 4.78 is 0. The van der Waals surface area contributed by atoms with Crippen LogP contribution >= 0.6 is 0 Å². The second kappa shape index (κ2) is 4.76. The molecule has 0 saturated heterocycles. The monoisotopic (exact) mass is 252 g/mol. The smallest absolute Gasteiger partial charge is 0.193 e. The topological polar surface area (TPSA) is 55.1 Å². The van der Waals surface area contributed by atoms with Gasteiger partial charge in [0.15, 0.2) is 5.78 Å². The molecule has 1 aliphatic rings. The van der Waals surface area contributed by atoms with Crippen LogP contribution in [0.4, 0.5) is 11.4 Å². The Balaban J connectivity index is 1.96. The molecule has 19 heavy (non-hydrogen) atoms. The molecule has 0 aromatic heterocycles. The quantitative estimate of drug-likeness (QED) is 0.638. The highest BCUT2D eigenvalue weighted by Crippen LogP contribution is 2.24. The van der Waals surface area contributed by atoms with Crippen molar-refractivity contribution in [3.63, 3.8) is 0 Å². The van der Waals surface area contributed by atoms with Gasteiger partial charge in [0, 0.05) is 29.0 Å². The Labute approximate surface area is 112 Å². The third-order valence-corrected chi connectivity index (χ3v) is 3.46. The van der Waals surface area contributed by atoms with Crippen molar-refractivity contribution in [2.45, 2.75) is 12.8 Å². The first-order valence-corrected chi connectivity index (χ1v) is 6.51. The van der Waals surface area contributed by atoms with Crippen molar-refractivity contribution < 1.29 is 4.79 Å². The Morgan fingerprint density at radius 2 is 1.95 bits per heavy atom. The lowest BCUT2D eigenvalue weighted by Crippen LogP contribution is -2.13. The molecule has 96 valence electrons. The Hall–Kier alpha value is -2.29. The molecule has 0 aliphatic carbocycles. The number of aryl methyl sites for hydroxylation is 1. The maximum absolute atomic E-state index is 12.4. The lowest BCUT2D eigenvalue weighted by Gasteiger charge is -2.18. The van der Waals surface area contributed by atoms with E-state index in [1.165, 1.54) is 5.56 Å². The molecule has 0 spiro atoms. The molecule has 3 nitrogen and oxygen atoms in total. The van der Waals surface area contributed by atoms with Crippen LogP contribution in [0.2, 0.25) is 0 Å². The number of hydrogen-bond acceptors (Lipinski definition) is 3. The zero-order valence-corrected chi connectivity index (χ0v) is 10.6. The van der Waals surface area contributed by atoms with Crippen molar-refractivity contribution in [3.05, 3.63) is 59.2 Å².